The fourth-order valence-electron chi connectivity index (χ4n) is 2.28. The van der Waals surface area contributed by atoms with Crippen LogP contribution in [-0.2, 0) is 4.79 Å². The summed E-state index contributed by atoms with van der Waals surface area (Å²) in [6, 6.07) is 0.714. The van der Waals surface area contributed by atoms with Crippen LogP contribution >= 0.6 is 0 Å². The van der Waals surface area contributed by atoms with Gasteiger partial charge in [0.25, 0.3) is 0 Å². The molecule has 0 aromatic rings. The Morgan fingerprint density at radius 3 is 2.39 bits per heavy atom. The highest BCUT2D eigenvalue weighted by Gasteiger charge is 2.40. The van der Waals surface area contributed by atoms with Crippen molar-refractivity contribution in [2.75, 3.05) is 13.1 Å². The predicted molar refractivity (Wildman–Crippen MR) is 61.0 cm³/mol. The van der Waals surface area contributed by atoms with Crippen molar-refractivity contribution in [1.29, 1.82) is 0 Å². The highest BCUT2D eigenvalue weighted by atomic mass is 19.4. The normalized spacial score (nSPS) is 22.1. The average molecular weight is 264 g/mol. The van der Waals surface area contributed by atoms with Gasteiger partial charge in [0.1, 0.15) is 6.54 Å². The Bertz CT molecular complexity index is 311. The Morgan fingerprint density at radius 2 is 1.94 bits per heavy atom. The van der Waals surface area contributed by atoms with Crippen molar-refractivity contribution in [2.24, 2.45) is 5.92 Å². The molecule has 0 aliphatic heterocycles. The van der Waals surface area contributed by atoms with E-state index in [0.29, 0.717) is 18.0 Å². The van der Waals surface area contributed by atoms with Gasteiger partial charge in [-0.2, -0.15) is 13.2 Å². The van der Waals surface area contributed by atoms with Crippen LogP contribution in [0.2, 0.25) is 0 Å². The molecule has 1 amide bonds. The molecule has 2 fully saturated rings. The van der Waals surface area contributed by atoms with Crippen LogP contribution < -0.4 is 5.32 Å². The lowest BCUT2D eigenvalue weighted by Gasteiger charge is -2.28. The van der Waals surface area contributed by atoms with Crippen LogP contribution in [0.15, 0.2) is 0 Å². The Kier molecular flexibility index (Phi) is 3.84. The first kappa shape index (κ1) is 13.6. The molecule has 0 unspecified atom stereocenters. The molecule has 18 heavy (non-hydrogen) atoms. The summed E-state index contributed by atoms with van der Waals surface area (Å²) in [6.45, 7) is 0.938. The summed E-state index contributed by atoms with van der Waals surface area (Å²) in [5, 5.41) is 1.94. The molecule has 0 radical (unpaired) electrons. The van der Waals surface area contributed by atoms with E-state index in [1.54, 1.807) is 0 Å². The quantitative estimate of drug-likeness (QED) is 0.795. The summed E-state index contributed by atoms with van der Waals surface area (Å²) in [5.74, 6) is 0.104. The predicted octanol–water partition coefficient (Wildman–Crippen LogP) is 1.93. The van der Waals surface area contributed by atoms with Crippen LogP contribution in [0.5, 0.6) is 0 Å². The van der Waals surface area contributed by atoms with Crippen molar-refractivity contribution in [3.05, 3.63) is 0 Å². The molecule has 0 bridgehead atoms. The number of halogens is 3. The number of nitrogens with zero attached hydrogens (tertiary/aromatic N) is 1. The lowest BCUT2D eigenvalue weighted by Crippen LogP contribution is -2.45. The second kappa shape index (κ2) is 5.07. The van der Waals surface area contributed by atoms with Crippen molar-refractivity contribution in [3.8, 4) is 0 Å². The molecule has 0 aromatic heterocycles. The number of rotatable bonds is 6. The second-order valence-corrected chi connectivity index (χ2v) is 5.37. The Morgan fingerprint density at radius 1 is 1.33 bits per heavy atom. The van der Waals surface area contributed by atoms with Gasteiger partial charge < -0.3 is 5.32 Å². The molecular weight excluding hydrogens is 245 g/mol. The molecule has 2 rings (SSSR count). The van der Waals surface area contributed by atoms with Crippen LogP contribution in [0, 0.1) is 5.92 Å². The molecule has 6 heteroatoms. The van der Waals surface area contributed by atoms with Gasteiger partial charge in [0.15, 0.2) is 0 Å². The molecule has 0 spiro atoms. The van der Waals surface area contributed by atoms with Gasteiger partial charge in [-0.25, -0.2) is 0 Å². The smallest absolute Gasteiger partial charge is 0.346 e. The van der Waals surface area contributed by atoms with Crippen LogP contribution in [-0.4, -0.2) is 42.2 Å². The first-order chi connectivity index (χ1) is 8.37. The van der Waals surface area contributed by atoms with Crippen molar-refractivity contribution in [2.45, 2.75) is 50.9 Å². The summed E-state index contributed by atoms with van der Waals surface area (Å²) < 4.78 is 36.0. The van der Waals surface area contributed by atoms with Crippen LogP contribution in [0.3, 0.4) is 0 Å². The zero-order chi connectivity index (χ0) is 13.3. The van der Waals surface area contributed by atoms with Gasteiger partial charge in [-0.05, 0) is 38.5 Å². The molecule has 2 aliphatic carbocycles. The molecule has 0 heterocycles. The topological polar surface area (TPSA) is 32.3 Å². The summed E-state index contributed by atoms with van der Waals surface area (Å²) in [5.41, 5.74) is 0. The zero-order valence-electron chi connectivity index (χ0n) is 10.5. The number of carbonyl (C=O) groups excluding carboxylic acids is 1. The number of amides is 1. The Hall–Kier alpha value is -0.780. The largest absolute Gasteiger partial charge is 0.405 e. The summed E-state index contributed by atoms with van der Waals surface area (Å²) in [7, 11) is 0. The number of hydrogen-bond donors (Lipinski definition) is 1. The lowest BCUT2D eigenvalue weighted by molar-refractivity contribution is -0.139. The van der Waals surface area contributed by atoms with E-state index in [-0.39, 0.29) is 6.54 Å². The molecule has 0 saturated heterocycles. The van der Waals surface area contributed by atoms with E-state index >= 15 is 0 Å². The number of hydrogen-bond acceptors (Lipinski definition) is 2. The number of nitrogens with one attached hydrogen (secondary N) is 1. The van der Waals surface area contributed by atoms with Crippen molar-refractivity contribution < 1.29 is 18.0 Å². The molecule has 2 saturated carbocycles. The van der Waals surface area contributed by atoms with Gasteiger partial charge in [-0.1, -0.05) is 0 Å². The minimum absolute atomic E-state index is 0.0956. The van der Waals surface area contributed by atoms with E-state index in [9.17, 15) is 18.0 Å². The Labute approximate surface area is 105 Å². The van der Waals surface area contributed by atoms with Gasteiger partial charge in [-0.15, -0.1) is 0 Å². The third-order valence-corrected chi connectivity index (χ3v) is 3.66. The van der Waals surface area contributed by atoms with E-state index in [4.69, 9.17) is 0 Å². The van der Waals surface area contributed by atoms with E-state index in [1.165, 1.54) is 12.8 Å². The Balaban J connectivity index is 1.79. The molecule has 104 valence electrons. The lowest BCUT2D eigenvalue weighted by atomic mass is 10.1. The summed E-state index contributed by atoms with van der Waals surface area (Å²) in [6.07, 6.45) is 0.137. The minimum atomic E-state index is -4.33. The number of alkyl halides is 3. The monoisotopic (exact) mass is 264 g/mol. The summed E-state index contributed by atoms with van der Waals surface area (Å²) >= 11 is 0. The van der Waals surface area contributed by atoms with E-state index in [0.717, 1.165) is 12.8 Å². The second-order valence-electron chi connectivity index (χ2n) is 5.37. The van der Waals surface area contributed by atoms with E-state index in [2.05, 4.69) is 11.8 Å². The van der Waals surface area contributed by atoms with Gasteiger partial charge in [-0.3, -0.25) is 9.69 Å². The summed E-state index contributed by atoms with van der Waals surface area (Å²) in [4.78, 5) is 13.6. The molecular formula is C12H19F3N2O. The third-order valence-electron chi connectivity index (χ3n) is 3.66. The average Bonchev–Trinajstić information content (AvgIpc) is 3.14. The fraction of sp³-hybridized carbons (Fsp3) is 0.917. The highest BCUT2D eigenvalue weighted by molar-refractivity contribution is 5.78. The fourth-order valence-corrected chi connectivity index (χ4v) is 2.28. The molecule has 1 atom stereocenters. The molecule has 2 aliphatic rings. The van der Waals surface area contributed by atoms with Crippen LogP contribution in [0.25, 0.3) is 0 Å². The maximum atomic E-state index is 12.0. The molecule has 3 nitrogen and oxygen atoms in total. The number of carbonyl (C=O) groups is 1. The standard InChI is InChI=1S/C12H19F3N2O/c1-8(9-2-3-9)17(10-4-5-10)6-11(18)16-7-12(13,14)15/h8-10H,2-7H2,1H3,(H,16,18)/t8-/m0/s1. The van der Waals surface area contributed by atoms with Gasteiger partial charge >= 0.3 is 6.18 Å². The van der Waals surface area contributed by atoms with E-state index < -0.39 is 18.6 Å². The van der Waals surface area contributed by atoms with Crippen molar-refractivity contribution in [1.82, 2.24) is 10.2 Å². The molecule has 1 N–H and O–H groups in total. The van der Waals surface area contributed by atoms with Crippen LogP contribution in [0.1, 0.15) is 32.6 Å². The SMILES string of the molecule is C[C@@H](C1CC1)N(CC(=O)NCC(F)(F)F)C1CC1. The van der Waals surface area contributed by atoms with Crippen molar-refractivity contribution in [3.63, 3.8) is 0 Å². The first-order valence-corrected chi connectivity index (χ1v) is 6.46. The maximum absolute atomic E-state index is 12.0. The van der Waals surface area contributed by atoms with Crippen LogP contribution in [0.4, 0.5) is 13.2 Å². The maximum Gasteiger partial charge on any atom is 0.405 e. The zero-order valence-corrected chi connectivity index (χ0v) is 10.5. The highest BCUT2D eigenvalue weighted by Crippen LogP contribution is 2.39. The van der Waals surface area contributed by atoms with Gasteiger partial charge in [0, 0.05) is 12.1 Å². The minimum Gasteiger partial charge on any atom is -0.346 e. The van der Waals surface area contributed by atoms with E-state index in [1.807, 2.05) is 5.32 Å². The van der Waals surface area contributed by atoms with Gasteiger partial charge in [0.05, 0.1) is 6.54 Å². The van der Waals surface area contributed by atoms with Crippen molar-refractivity contribution >= 4 is 5.91 Å². The first-order valence-electron chi connectivity index (χ1n) is 6.46. The third kappa shape index (κ3) is 4.15. The molecule has 0 aromatic carbocycles. The van der Waals surface area contributed by atoms with Gasteiger partial charge in [0.2, 0.25) is 5.91 Å².